The predicted molar refractivity (Wildman–Crippen MR) is 119 cm³/mol. The Hall–Kier alpha value is -2.70. The molecule has 1 saturated carbocycles. The topological polar surface area (TPSA) is 75.3 Å². The van der Waals surface area contributed by atoms with Crippen LogP contribution in [0.15, 0.2) is 77.7 Å². The van der Waals surface area contributed by atoms with E-state index in [1.165, 1.54) is 0 Å². The van der Waals surface area contributed by atoms with Crippen LogP contribution in [0.25, 0.3) is 10.8 Å². The number of benzene rings is 3. The summed E-state index contributed by atoms with van der Waals surface area (Å²) in [6.07, 6.45) is 4.38. The average molecular weight is 423 g/mol. The number of fused-ring (bicyclic) bond motifs is 1. The Balaban J connectivity index is 1.58. The minimum absolute atomic E-state index is 0.126. The molecule has 3 aromatic carbocycles. The monoisotopic (exact) mass is 422 g/mol. The molecule has 1 aliphatic carbocycles. The number of carbonyl (C=O) groups is 1. The number of hydrogen-bond acceptors (Lipinski definition) is 3. The summed E-state index contributed by atoms with van der Waals surface area (Å²) in [7, 11) is -3.86. The summed E-state index contributed by atoms with van der Waals surface area (Å²) in [5, 5.41) is 4.85. The van der Waals surface area contributed by atoms with E-state index >= 15 is 0 Å². The van der Waals surface area contributed by atoms with Crippen LogP contribution in [0.2, 0.25) is 0 Å². The van der Waals surface area contributed by atoms with Crippen LogP contribution in [0.5, 0.6) is 0 Å². The molecule has 0 saturated heterocycles. The molecule has 1 aliphatic rings. The molecular formula is C24H26N2O3S. The summed E-state index contributed by atoms with van der Waals surface area (Å²) in [6.45, 7) is 0. The second kappa shape index (κ2) is 8.98. The van der Waals surface area contributed by atoms with Crippen molar-refractivity contribution in [2.24, 2.45) is 0 Å². The van der Waals surface area contributed by atoms with Crippen LogP contribution in [-0.2, 0) is 21.2 Å². The standard InChI is InChI=1S/C24H26N2O3S/c27-24(25-21-12-6-7-13-21)23(16-18-8-2-1-3-9-18)26-30(28,29)22-15-14-19-10-4-5-11-20(19)17-22/h1-5,8-11,14-15,17,21,23,26H,6-7,12-13,16H2,(H,25,27)/t23-/m1/s1. The molecule has 1 fully saturated rings. The van der Waals surface area contributed by atoms with Gasteiger partial charge in [-0.25, -0.2) is 8.42 Å². The summed E-state index contributed by atoms with van der Waals surface area (Å²) >= 11 is 0. The van der Waals surface area contributed by atoms with Gasteiger partial charge in [0.05, 0.1) is 4.90 Å². The highest BCUT2D eigenvalue weighted by Gasteiger charge is 2.28. The van der Waals surface area contributed by atoms with Crippen molar-refractivity contribution in [1.82, 2.24) is 10.0 Å². The van der Waals surface area contributed by atoms with Gasteiger partial charge in [-0.05, 0) is 47.7 Å². The fourth-order valence-electron chi connectivity index (χ4n) is 4.00. The van der Waals surface area contributed by atoms with Crippen molar-refractivity contribution in [3.05, 3.63) is 78.4 Å². The van der Waals surface area contributed by atoms with Gasteiger partial charge in [0.15, 0.2) is 0 Å². The molecule has 3 aromatic rings. The lowest BCUT2D eigenvalue weighted by Gasteiger charge is -2.21. The third kappa shape index (κ3) is 4.89. The summed E-state index contributed by atoms with van der Waals surface area (Å²) in [6, 6.07) is 21.4. The highest BCUT2D eigenvalue weighted by molar-refractivity contribution is 7.89. The van der Waals surface area contributed by atoms with Crippen LogP contribution in [-0.4, -0.2) is 26.4 Å². The van der Waals surface area contributed by atoms with E-state index in [4.69, 9.17) is 0 Å². The van der Waals surface area contributed by atoms with Crippen molar-refractivity contribution < 1.29 is 13.2 Å². The first-order chi connectivity index (χ1) is 14.5. The molecule has 156 valence electrons. The lowest BCUT2D eigenvalue weighted by Crippen LogP contribution is -2.50. The van der Waals surface area contributed by atoms with Gasteiger partial charge in [0.2, 0.25) is 15.9 Å². The number of carbonyl (C=O) groups excluding carboxylic acids is 1. The zero-order valence-corrected chi connectivity index (χ0v) is 17.6. The third-order valence-electron chi connectivity index (χ3n) is 5.63. The van der Waals surface area contributed by atoms with Gasteiger partial charge in [0.1, 0.15) is 6.04 Å². The van der Waals surface area contributed by atoms with E-state index in [0.29, 0.717) is 6.42 Å². The van der Waals surface area contributed by atoms with Gasteiger partial charge in [-0.1, -0.05) is 73.5 Å². The largest absolute Gasteiger partial charge is 0.352 e. The molecule has 0 spiro atoms. The SMILES string of the molecule is O=C(NC1CCCC1)[C@@H](Cc1ccccc1)NS(=O)(=O)c1ccc2ccccc2c1. The van der Waals surface area contributed by atoms with E-state index in [1.807, 2.05) is 54.6 Å². The van der Waals surface area contributed by atoms with Crippen LogP contribution in [0.1, 0.15) is 31.2 Å². The van der Waals surface area contributed by atoms with Crippen LogP contribution in [0.4, 0.5) is 0 Å². The van der Waals surface area contributed by atoms with Crippen molar-refractivity contribution in [2.45, 2.75) is 49.1 Å². The summed E-state index contributed by atoms with van der Waals surface area (Å²) < 4.78 is 28.9. The van der Waals surface area contributed by atoms with E-state index in [-0.39, 0.29) is 16.8 Å². The first-order valence-corrected chi connectivity index (χ1v) is 11.8. The van der Waals surface area contributed by atoms with E-state index in [9.17, 15) is 13.2 Å². The van der Waals surface area contributed by atoms with E-state index in [0.717, 1.165) is 42.0 Å². The van der Waals surface area contributed by atoms with Crippen LogP contribution in [0, 0.1) is 0 Å². The van der Waals surface area contributed by atoms with Gasteiger partial charge in [0.25, 0.3) is 0 Å². The Bertz CT molecular complexity index is 1120. The summed E-state index contributed by atoms with van der Waals surface area (Å²) in [5.74, 6) is -0.268. The molecule has 2 N–H and O–H groups in total. The second-order valence-electron chi connectivity index (χ2n) is 7.86. The molecule has 4 rings (SSSR count). The number of sulfonamides is 1. The molecule has 30 heavy (non-hydrogen) atoms. The quantitative estimate of drug-likeness (QED) is 0.608. The van der Waals surface area contributed by atoms with Crippen molar-refractivity contribution >= 4 is 26.7 Å². The van der Waals surface area contributed by atoms with Gasteiger partial charge in [0, 0.05) is 6.04 Å². The first-order valence-electron chi connectivity index (χ1n) is 10.4. The maximum absolute atomic E-state index is 13.1. The van der Waals surface area contributed by atoms with E-state index < -0.39 is 16.1 Å². The van der Waals surface area contributed by atoms with Gasteiger partial charge in [-0.2, -0.15) is 4.72 Å². The maximum atomic E-state index is 13.1. The summed E-state index contributed by atoms with van der Waals surface area (Å²) in [4.78, 5) is 13.1. The zero-order valence-electron chi connectivity index (χ0n) is 16.8. The molecule has 0 unspecified atom stereocenters. The van der Waals surface area contributed by atoms with Crippen LogP contribution in [0.3, 0.4) is 0 Å². The Kier molecular flexibility index (Phi) is 6.16. The molecule has 1 atom stereocenters. The maximum Gasteiger partial charge on any atom is 0.241 e. The molecule has 0 aromatic heterocycles. The second-order valence-corrected chi connectivity index (χ2v) is 9.58. The normalized spacial score (nSPS) is 15.9. The Labute approximate surface area is 177 Å². The Morgan fingerprint density at radius 2 is 1.57 bits per heavy atom. The Morgan fingerprint density at radius 1 is 0.900 bits per heavy atom. The minimum atomic E-state index is -3.86. The lowest BCUT2D eigenvalue weighted by atomic mass is 10.1. The van der Waals surface area contributed by atoms with Gasteiger partial charge < -0.3 is 5.32 Å². The molecule has 0 bridgehead atoms. The van der Waals surface area contributed by atoms with Crippen molar-refractivity contribution in [3.63, 3.8) is 0 Å². The average Bonchev–Trinajstić information content (AvgIpc) is 3.26. The first kappa shape index (κ1) is 20.6. The number of amides is 1. The smallest absolute Gasteiger partial charge is 0.241 e. The molecule has 0 heterocycles. The third-order valence-corrected chi connectivity index (χ3v) is 7.10. The van der Waals surface area contributed by atoms with Gasteiger partial charge in [-0.3, -0.25) is 4.79 Å². The molecular weight excluding hydrogens is 396 g/mol. The van der Waals surface area contributed by atoms with E-state index in [1.54, 1.807) is 18.2 Å². The molecule has 1 amide bonds. The fraction of sp³-hybridized carbons (Fsp3) is 0.292. The van der Waals surface area contributed by atoms with Gasteiger partial charge >= 0.3 is 0 Å². The van der Waals surface area contributed by atoms with Crippen LogP contribution < -0.4 is 10.0 Å². The van der Waals surface area contributed by atoms with Crippen molar-refractivity contribution in [3.8, 4) is 0 Å². The number of hydrogen-bond donors (Lipinski definition) is 2. The highest BCUT2D eigenvalue weighted by atomic mass is 32.2. The molecule has 5 nitrogen and oxygen atoms in total. The fourth-order valence-corrected chi connectivity index (χ4v) is 5.23. The van der Waals surface area contributed by atoms with Crippen LogP contribution >= 0.6 is 0 Å². The molecule has 6 heteroatoms. The van der Waals surface area contributed by atoms with E-state index in [2.05, 4.69) is 10.0 Å². The zero-order chi connectivity index (χ0) is 21.0. The Morgan fingerprint density at radius 3 is 2.30 bits per heavy atom. The number of nitrogens with one attached hydrogen (secondary N) is 2. The number of rotatable bonds is 7. The van der Waals surface area contributed by atoms with Crippen molar-refractivity contribution in [2.75, 3.05) is 0 Å². The molecule has 0 aliphatic heterocycles. The molecule has 0 radical (unpaired) electrons. The van der Waals surface area contributed by atoms with Gasteiger partial charge in [-0.15, -0.1) is 0 Å². The highest BCUT2D eigenvalue weighted by Crippen LogP contribution is 2.21. The lowest BCUT2D eigenvalue weighted by molar-refractivity contribution is -0.123. The minimum Gasteiger partial charge on any atom is -0.352 e. The van der Waals surface area contributed by atoms with Crippen molar-refractivity contribution in [1.29, 1.82) is 0 Å². The summed E-state index contributed by atoms with van der Waals surface area (Å²) in [5.41, 5.74) is 0.908. The predicted octanol–water partition coefficient (Wildman–Crippen LogP) is 3.79.